The van der Waals surface area contributed by atoms with Gasteiger partial charge < -0.3 is 24.8 Å². The summed E-state index contributed by atoms with van der Waals surface area (Å²) in [5.74, 6) is 0.545. The second kappa shape index (κ2) is 5.99. The first kappa shape index (κ1) is 14.3. The molecule has 5 heteroatoms. The third-order valence-corrected chi connectivity index (χ3v) is 3.68. The fraction of sp³-hybridized carbons (Fsp3) is 0.375. The van der Waals surface area contributed by atoms with Crippen LogP contribution in [0.15, 0.2) is 42.5 Å². The molecule has 3 rings (SSSR count). The van der Waals surface area contributed by atoms with Crippen molar-refractivity contribution in [2.24, 2.45) is 0 Å². The van der Waals surface area contributed by atoms with Crippen LogP contribution < -0.4 is 4.74 Å². The monoisotopic (exact) mass is 290 g/mol. The minimum atomic E-state index is -1.14. The van der Waals surface area contributed by atoms with Crippen LogP contribution in [0.3, 0.4) is 0 Å². The smallest absolute Gasteiger partial charge is 0.229 e. The third-order valence-electron chi connectivity index (χ3n) is 3.68. The Morgan fingerprint density at radius 3 is 2.62 bits per heavy atom. The van der Waals surface area contributed by atoms with E-state index in [0.717, 1.165) is 10.8 Å². The normalized spacial score (nSPS) is 29.5. The highest BCUT2D eigenvalue weighted by Crippen LogP contribution is 2.26. The average Bonchev–Trinajstić information content (AvgIpc) is 2.51. The van der Waals surface area contributed by atoms with Gasteiger partial charge in [0.05, 0.1) is 18.8 Å². The molecule has 0 radical (unpaired) electrons. The van der Waals surface area contributed by atoms with E-state index >= 15 is 0 Å². The Bertz CT molecular complexity index is 614. The summed E-state index contributed by atoms with van der Waals surface area (Å²) >= 11 is 0. The van der Waals surface area contributed by atoms with Gasteiger partial charge in [-0.15, -0.1) is 0 Å². The van der Waals surface area contributed by atoms with Crippen LogP contribution in [0.2, 0.25) is 0 Å². The van der Waals surface area contributed by atoms with Crippen molar-refractivity contribution in [3.05, 3.63) is 42.5 Å². The maximum atomic E-state index is 9.94. The SMILES string of the molecule is OC[C@H]1C[C@@H](O)[C@H](O)[C@@H](Oc2ccc3ccccc3c2)O1. The van der Waals surface area contributed by atoms with Gasteiger partial charge in [0.1, 0.15) is 11.9 Å². The van der Waals surface area contributed by atoms with Crippen molar-refractivity contribution in [1.29, 1.82) is 0 Å². The lowest BCUT2D eigenvalue weighted by Gasteiger charge is -2.36. The van der Waals surface area contributed by atoms with Crippen molar-refractivity contribution in [3.8, 4) is 5.75 Å². The Morgan fingerprint density at radius 2 is 1.86 bits per heavy atom. The quantitative estimate of drug-likeness (QED) is 0.787. The number of fused-ring (bicyclic) bond motifs is 1. The van der Waals surface area contributed by atoms with Gasteiger partial charge >= 0.3 is 0 Å². The lowest BCUT2D eigenvalue weighted by Crippen LogP contribution is -2.51. The summed E-state index contributed by atoms with van der Waals surface area (Å²) in [6, 6.07) is 13.4. The van der Waals surface area contributed by atoms with Gasteiger partial charge in [0.2, 0.25) is 6.29 Å². The zero-order chi connectivity index (χ0) is 14.8. The van der Waals surface area contributed by atoms with E-state index in [9.17, 15) is 10.2 Å². The molecule has 4 atom stereocenters. The molecule has 112 valence electrons. The topological polar surface area (TPSA) is 79.2 Å². The first-order valence-corrected chi connectivity index (χ1v) is 6.95. The number of benzene rings is 2. The van der Waals surface area contributed by atoms with E-state index in [4.69, 9.17) is 14.6 Å². The predicted octanol–water partition coefficient (Wildman–Crippen LogP) is 1.05. The molecular weight excluding hydrogens is 272 g/mol. The van der Waals surface area contributed by atoms with Crippen molar-refractivity contribution in [2.45, 2.75) is 31.0 Å². The Morgan fingerprint density at radius 1 is 1.10 bits per heavy atom. The number of hydrogen-bond acceptors (Lipinski definition) is 5. The molecule has 0 saturated carbocycles. The van der Waals surface area contributed by atoms with Gasteiger partial charge in [0, 0.05) is 6.42 Å². The van der Waals surface area contributed by atoms with E-state index < -0.39 is 24.6 Å². The highest BCUT2D eigenvalue weighted by Gasteiger charge is 2.38. The van der Waals surface area contributed by atoms with Crippen LogP contribution in [-0.4, -0.2) is 46.5 Å². The molecule has 0 amide bonds. The summed E-state index contributed by atoms with van der Waals surface area (Å²) in [7, 11) is 0. The molecular formula is C16H18O5. The predicted molar refractivity (Wildman–Crippen MR) is 77.0 cm³/mol. The Kier molecular flexibility index (Phi) is 4.07. The van der Waals surface area contributed by atoms with Crippen molar-refractivity contribution in [3.63, 3.8) is 0 Å². The largest absolute Gasteiger partial charge is 0.462 e. The van der Waals surface area contributed by atoms with Crippen molar-refractivity contribution in [1.82, 2.24) is 0 Å². The van der Waals surface area contributed by atoms with Crippen LogP contribution in [0, 0.1) is 0 Å². The Balaban J connectivity index is 1.79. The molecule has 1 fully saturated rings. The van der Waals surface area contributed by atoms with Crippen LogP contribution in [0.5, 0.6) is 5.75 Å². The summed E-state index contributed by atoms with van der Waals surface area (Å²) in [6.45, 7) is -0.221. The zero-order valence-corrected chi connectivity index (χ0v) is 11.4. The van der Waals surface area contributed by atoms with E-state index in [-0.39, 0.29) is 13.0 Å². The van der Waals surface area contributed by atoms with Crippen molar-refractivity contribution >= 4 is 10.8 Å². The molecule has 1 saturated heterocycles. The van der Waals surface area contributed by atoms with Gasteiger partial charge in [0.15, 0.2) is 0 Å². The molecule has 0 unspecified atom stereocenters. The lowest BCUT2D eigenvalue weighted by atomic mass is 10.0. The summed E-state index contributed by atoms with van der Waals surface area (Å²) in [6.07, 6.45) is -3.45. The molecule has 3 N–H and O–H groups in total. The fourth-order valence-electron chi connectivity index (χ4n) is 2.51. The number of aliphatic hydroxyl groups excluding tert-OH is 3. The maximum Gasteiger partial charge on any atom is 0.229 e. The van der Waals surface area contributed by atoms with Gasteiger partial charge in [-0.25, -0.2) is 0 Å². The first-order valence-electron chi connectivity index (χ1n) is 6.95. The average molecular weight is 290 g/mol. The third kappa shape index (κ3) is 3.01. The first-order chi connectivity index (χ1) is 10.2. The number of rotatable bonds is 3. The molecule has 1 aliphatic heterocycles. The summed E-state index contributed by atoms with van der Waals surface area (Å²) in [5.41, 5.74) is 0. The molecule has 0 spiro atoms. The molecule has 1 heterocycles. The molecule has 0 aliphatic carbocycles. The van der Waals surface area contributed by atoms with Crippen LogP contribution in [0.4, 0.5) is 0 Å². The maximum absolute atomic E-state index is 9.94. The molecule has 21 heavy (non-hydrogen) atoms. The number of ether oxygens (including phenoxy) is 2. The highest BCUT2D eigenvalue weighted by molar-refractivity contribution is 5.83. The summed E-state index contributed by atoms with van der Waals surface area (Å²) in [4.78, 5) is 0. The van der Waals surface area contributed by atoms with Gasteiger partial charge in [-0.05, 0) is 22.9 Å². The van der Waals surface area contributed by atoms with Crippen LogP contribution in [-0.2, 0) is 4.74 Å². The Hall–Kier alpha value is -1.66. The lowest BCUT2D eigenvalue weighted by molar-refractivity contribution is -0.240. The summed E-state index contributed by atoms with van der Waals surface area (Å²) in [5, 5.41) is 31.0. The van der Waals surface area contributed by atoms with Gasteiger partial charge in [-0.1, -0.05) is 30.3 Å². The molecule has 0 aromatic heterocycles. The van der Waals surface area contributed by atoms with Crippen LogP contribution >= 0.6 is 0 Å². The molecule has 1 aliphatic rings. The van der Waals surface area contributed by atoms with E-state index in [2.05, 4.69) is 0 Å². The van der Waals surface area contributed by atoms with Gasteiger partial charge in [-0.2, -0.15) is 0 Å². The standard InChI is InChI=1S/C16H18O5/c17-9-13-8-14(18)15(19)16(21-13)20-12-6-5-10-3-1-2-4-11(10)7-12/h1-7,13-19H,8-9H2/t13-,14-,15+,16+/m1/s1. The highest BCUT2D eigenvalue weighted by atomic mass is 16.7. The molecule has 2 aromatic rings. The van der Waals surface area contributed by atoms with Crippen LogP contribution in [0.25, 0.3) is 10.8 Å². The number of hydrogen-bond donors (Lipinski definition) is 3. The molecule has 5 nitrogen and oxygen atoms in total. The van der Waals surface area contributed by atoms with E-state index in [1.54, 1.807) is 6.07 Å². The van der Waals surface area contributed by atoms with Gasteiger partial charge in [0.25, 0.3) is 0 Å². The van der Waals surface area contributed by atoms with E-state index in [1.165, 1.54) is 0 Å². The van der Waals surface area contributed by atoms with E-state index in [1.807, 2.05) is 36.4 Å². The van der Waals surface area contributed by atoms with Gasteiger partial charge in [-0.3, -0.25) is 0 Å². The Labute approximate surface area is 122 Å². The van der Waals surface area contributed by atoms with Crippen molar-refractivity contribution in [2.75, 3.05) is 6.61 Å². The number of aliphatic hydroxyl groups is 3. The fourth-order valence-corrected chi connectivity index (χ4v) is 2.51. The van der Waals surface area contributed by atoms with Crippen LogP contribution in [0.1, 0.15) is 6.42 Å². The second-order valence-electron chi connectivity index (χ2n) is 5.23. The molecule has 0 bridgehead atoms. The second-order valence-corrected chi connectivity index (χ2v) is 5.23. The van der Waals surface area contributed by atoms with Crippen molar-refractivity contribution < 1.29 is 24.8 Å². The molecule has 2 aromatic carbocycles. The summed E-state index contributed by atoms with van der Waals surface area (Å²) < 4.78 is 11.1. The minimum absolute atomic E-state index is 0.190. The minimum Gasteiger partial charge on any atom is -0.462 e. The van der Waals surface area contributed by atoms with E-state index in [0.29, 0.717) is 5.75 Å². The zero-order valence-electron chi connectivity index (χ0n) is 11.4.